The number of rotatable bonds is 4. The van der Waals surface area contributed by atoms with Gasteiger partial charge in [-0.25, -0.2) is 0 Å². The van der Waals surface area contributed by atoms with Crippen molar-refractivity contribution in [3.63, 3.8) is 0 Å². The molecule has 0 spiro atoms. The Kier molecular flexibility index (Phi) is 4.27. The first kappa shape index (κ1) is 13.9. The molecule has 1 fully saturated rings. The number of ether oxygens (including phenoxy) is 1. The third-order valence-corrected chi connectivity index (χ3v) is 5.22. The smallest absolute Gasteiger partial charge is 0.123 e. The van der Waals surface area contributed by atoms with Crippen molar-refractivity contribution >= 4 is 0 Å². The Hall–Kier alpha value is -1.06. The maximum absolute atomic E-state index is 6.16. The summed E-state index contributed by atoms with van der Waals surface area (Å²) in [5, 5.41) is 0. The van der Waals surface area contributed by atoms with Gasteiger partial charge in [0.2, 0.25) is 0 Å². The monoisotopic (exact) mass is 274 g/mol. The number of hydrogen-bond donors (Lipinski definition) is 2. The van der Waals surface area contributed by atoms with E-state index in [2.05, 4.69) is 30.5 Å². The van der Waals surface area contributed by atoms with Crippen molar-refractivity contribution in [3.8, 4) is 5.75 Å². The number of para-hydroxylation sites is 1. The summed E-state index contributed by atoms with van der Waals surface area (Å²) in [4.78, 5) is 0. The van der Waals surface area contributed by atoms with Crippen LogP contribution in [0.5, 0.6) is 5.75 Å². The van der Waals surface area contributed by atoms with Gasteiger partial charge in [0.1, 0.15) is 11.9 Å². The summed E-state index contributed by atoms with van der Waals surface area (Å²) >= 11 is 0. The maximum atomic E-state index is 6.16. The van der Waals surface area contributed by atoms with Crippen molar-refractivity contribution in [3.05, 3.63) is 29.8 Å². The molecule has 0 aromatic heterocycles. The average Bonchev–Trinajstić information content (AvgIpc) is 2.92. The van der Waals surface area contributed by atoms with Gasteiger partial charge in [-0.05, 0) is 29.9 Å². The Morgan fingerprint density at radius 3 is 2.85 bits per heavy atom. The van der Waals surface area contributed by atoms with Crippen LogP contribution in [-0.2, 0) is 6.42 Å². The fourth-order valence-electron chi connectivity index (χ4n) is 4.13. The predicted molar refractivity (Wildman–Crippen MR) is 81.4 cm³/mol. The standard InChI is InChI=1S/C17H26N2O/c1-2-12-7-3-5-9-14(12)17(19-18)16-11-13-8-4-6-10-15(13)20-16/h4,6,8,10,12,14,16-17,19H,2-3,5,7,9,11,18H2,1H3. The van der Waals surface area contributed by atoms with Crippen molar-refractivity contribution < 1.29 is 4.74 Å². The first-order valence-corrected chi connectivity index (χ1v) is 8.04. The van der Waals surface area contributed by atoms with E-state index in [-0.39, 0.29) is 12.1 Å². The number of hydrazine groups is 1. The molecule has 3 nitrogen and oxygen atoms in total. The highest BCUT2D eigenvalue weighted by Crippen LogP contribution is 2.38. The van der Waals surface area contributed by atoms with E-state index >= 15 is 0 Å². The number of nitrogens with one attached hydrogen (secondary N) is 1. The molecule has 3 N–H and O–H groups in total. The van der Waals surface area contributed by atoms with Crippen LogP contribution in [0, 0.1) is 11.8 Å². The second-order valence-corrected chi connectivity index (χ2v) is 6.28. The number of nitrogens with two attached hydrogens (primary N) is 1. The largest absolute Gasteiger partial charge is 0.488 e. The Labute approximate surface area is 121 Å². The van der Waals surface area contributed by atoms with Crippen LogP contribution in [0.1, 0.15) is 44.6 Å². The molecule has 0 bridgehead atoms. The molecule has 1 aliphatic carbocycles. The van der Waals surface area contributed by atoms with Crippen molar-refractivity contribution in [2.24, 2.45) is 17.7 Å². The SMILES string of the molecule is CCC1CCCCC1C(NN)C1Cc2ccccc2O1. The van der Waals surface area contributed by atoms with Crippen molar-refractivity contribution in [2.45, 2.75) is 57.6 Å². The molecule has 2 aliphatic rings. The van der Waals surface area contributed by atoms with E-state index in [0.717, 1.165) is 18.1 Å². The molecule has 0 saturated heterocycles. The summed E-state index contributed by atoms with van der Waals surface area (Å²) in [5.41, 5.74) is 4.41. The van der Waals surface area contributed by atoms with Gasteiger partial charge in [0, 0.05) is 6.42 Å². The van der Waals surface area contributed by atoms with E-state index in [0.29, 0.717) is 5.92 Å². The molecule has 0 amide bonds. The third-order valence-electron chi connectivity index (χ3n) is 5.22. The zero-order chi connectivity index (χ0) is 13.9. The van der Waals surface area contributed by atoms with Gasteiger partial charge in [0.15, 0.2) is 0 Å². The van der Waals surface area contributed by atoms with Gasteiger partial charge in [-0.15, -0.1) is 0 Å². The second-order valence-electron chi connectivity index (χ2n) is 6.28. The van der Waals surface area contributed by atoms with Gasteiger partial charge in [0.25, 0.3) is 0 Å². The van der Waals surface area contributed by atoms with Crippen molar-refractivity contribution in [1.29, 1.82) is 0 Å². The molecule has 110 valence electrons. The summed E-state index contributed by atoms with van der Waals surface area (Å²) < 4.78 is 6.16. The minimum absolute atomic E-state index is 0.189. The molecule has 0 radical (unpaired) electrons. The quantitative estimate of drug-likeness (QED) is 0.655. The summed E-state index contributed by atoms with van der Waals surface area (Å²) in [5.74, 6) is 8.39. The minimum atomic E-state index is 0.189. The lowest BCUT2D eigenvalue weighted by Crippen LogP contribution is -2.53. The molecule has 1 saturated carbocycles. The average molecular weight is 274 g/mol. The van der Waals surface area contributed by atoms with E-state index < -0.39 is 0 Å². The van der Waals surface area contributed by atoms with Gasteiger partial charge < -0.3 is 4.74 Å². The molecular weight excluding hydrogens is 248 g/mol. The van der Waals surface area contributed by atoms with E-state index in [9.17, 15) is 0 Å². The van der Waals surface area contributed by atoms with Crippen LogP contribution in [0.15, 0.2) is 24.3 Å². The van der Waals surface area contributed by atoms with Gasteiger partial charge >= 0.3 is 0 Å². The van der Waals surface area contributed by atoms with E-state index in [4.69, 9.17) is 10.6 Å². The van der Waals surface area contributed by atoms with E-state index in [1.54, 1.807) is 0 Å². The normalized spacial score (nSPS) is 30.6. The first-order valence-electron chi connectivity index (χ1n) is 8.04. The van der Waals surface area contributed by atoms with Crippen molar-refractivity contribution in [1.82, 2.24) is 5.43 Å². The molecule has 4 atom stereocenters. The van der Waals surface area contributed by atoms with Gasteiger partial charge in [-0.2, -0.15) is 0 Å². The highest BCUT2D eigenvalue weighted by atomic mass is 16.5. The fraction of sp³-hybridized carbons (Fsp3) is 0.647. The Bertz CT molecular complexity index is 423. The number of fused-ring (bicyclic) bond motifs is 1. The highest BCUT2D eigenvalue weighted by molar-refractivity contribution is 5.37. The van der Waals surface area contributed by atoms with E-state index in [1.807, 2.05) is 6.07 Å². The van der Waals surface area contributed by atoms with Gasteiger partial charge in [-0.1, -0.05) is 50.8 Å². The lowest BCUT2D eigenvalue weighted by molar-refractivity contribution is 0.0868. The van der Waals surface area contributed by atoms with Gasteiger partial charge in [-0.3, -0.25) is 11.3 Å². The second kappa shape index (κ2) is 6.15. The number of benzene rings is 1. The zero-order valence-electron chi connectivity index (χ0n) is 12.3. The summed E-state index contributed by atoms with van der Waals surface area (Å²) in [6, 6.07) is 8.64. The van der Waals surface area contributed by atoms with Crippen LogP contribution in [-0.4, -0.2) is 12.1 Å². The molecular formula is C17H26N2O. The molecule has 1 aromatic carbocycles. The lowest BCUT2D eigenvalue weighted by atomic mass is 9.72. The lowest BCUT2D eigenvalue weighted by Gasteiger charge is -2.38. The zero-order valence-corrected chi connectivity index (χ0v) is 12.3. The van der Waals surface area contributed by atoms with Crippen LogP contribution >= 0.6 is 0 Å². The molecule has 1 heterocycles. The Balaban J connectivity index is 1.74. The molecule has 20 heavy (non-hydrogen) atoms. The Morgan fingerprint density at radius 1 is 1.30 bits per heavy atom. The molecule has 1 aromatic rings. The molecule has 4 unspecified atom stereocenters. The maximum Gasteiger partial charge on any atom is 0.123 e. The van der Waals surface area contributed by atoms with E-state index in [1.165, 1.54) is 37.7 Å². The molecule has 3 rings (SSSR count). The van der Waals surface area contributed by atoms with Crippen LogP contribution < -0.4 is 16.0 Å². The first-order chi connectivity index (χ1) is 9.83. The van der Waals surface area contributed by atoms with Crippen LogP contribution in [0.4, 0.5) is 0 Å². The van der Waals surface area contributed by atoms with Crippen LogP contribution in [0.2, 0.25) is 0 Å². The van der Waals surface area contributed by atoms with Crippen LogP contribution in [0.25, 0.3) is 0 Å². The van der Waals surface area contributed by atoms with Gasteiger partial charge in [0.05, 0.1) is 6.04 Å². The summed E-state index contributed by atoms with van der Waals surface area (Å²) in [6.45, 7) is 2.31. The topological polar surface area (TPSA) is 47.3 Å². The minimum Gasteiger partial charge on any atom is -0.488 e. The predicted octanol–water partition coefficient (Wildman–Crippen LogP) is 3.04. The summed E-state index contributed by atoms with van der Waals surface area (Å²) in [7, 11) is 0. The third kappa shape index (κ3) is 2.57. The van der Waals surface area contributed by atoms with Crippen molar-refractivity contribution in [2.75, 3.05) is 0 Å². The molecule has 1 aliphatic heterocycles. The Morgan fingerprint density at radius 2 is 2.10 bits per heavy atom. The highest BCUT2D eigenvalue weighted by Gasteiger charge is 2.38. The molecule has 3 heteroatoms. The van der Waals surface area contributed by atoms with Crippen LogP contribution in [0.3, 0.4) is 0 Å². The number of hydrogen-bond acceptors (Lipinski definition) is 3. The summed E-state index contributed by atoms with van der Waals surface area (Å²) in [6.07, 6.45) is 7.76. The fourth-order valence-corrected chi connectivity index (χ4v) is 4.13.